The number of amides is 2. The van der Waals surface area contributed by atoms with Crippen molar-refractivity contribution >= 4 is 23.5 Å². The minimum absolute atomic E-state index is 0.0890. The lowest BCUT2D eigenvalue weighted by atomic mass is 9.81. The van der Waals surface area contributed by atoms with Crippen molar-refractivity contribution < 1.29 is 37.4 Å². The number of hydrogen-bond donors (Lipinski definition) is 1. The number of nitrogens with zero attached hydrogens (tertiary/aromatic N) is 2. The summed E-state index contributed by atoms with van der Waals surface area (Å²) in [5.74, 6) is -2.54. The van der Waals surface area contributed by atoms with Gasteiger partial charge < -0.3 is 19.6 Å². The van der Waals surface area contributed by atoms with Gasteiger partial charge in [0.05, 0.1) is 6.04 Å². The summed E-state index contributed by atoms with van der Waals surface area (Å²) in [6.07, 6.45) is -0.740. The van der Waals surface area contributed by atoms with E-state index in [9.17, 15) is 27.6 Å². The molecule has 0 spiro atoms. The maximum absolute atomic E-state index is 13.6. The zero-order chi connectivity index (χ0) is 25.3. The molecule has 184 valence electrons. The lowest BCUT2D eigenvalue weighted by molar-refractivity contribution is -0.274. The molecule has 1 saturated carbocycles. The van der Waals surface area contributed by atoms with Crippen molar-refractivity contribution in [1.82, 2.24) is 4.90 Å². The molecular formula is C25H23F3N2O5. The molecule has 1 N–H and O–H groups in total. The number of aliphatic carboxylic acids is 1. The summed E-state index contributed by atoms with van der Waals surface area (Å²) in [6, 6.07) is 11.4. The number of carbonyl (C=O) groups excluding carboxylic acids is 2. The second-order valence-electron chi connectivity index (χ2n) is 8.53. The fourth-order valence-electron chi connectivity index (χ4n) is 5.12. The van der Waals surface area contributed by atoms with Crippen LogP contribution in [-0.4, -0.2) is 47.2 Å². The molecule has 0 saturated heterocycles. The number of benzene rings is 2. The van der Waals surface area contributed by atoms with Crippen LogP contribution < -0.4 is 9.64 Å². The second kappa shape index (κ2) is 9.44. The first-order chi connectivity index (χ1) is 16.6. The van der Waals surface area contributed by atoms with Crippen LogP contribution in [0.15, 0.2) is 60.7 Å². The minimum atomic E-state index is -4.83. The number of carboxylic acid groups (broad SMARTS) is 1. The Morgan fingerprint density at radius 3 is 2.40 bits per heavy atom. The molecule has 2 aromatic rings. The van der Waals surface area contributed by atoms with Gasteiger partial charge in [-0.25, -0.2) is 4.79 Å². The molecule has 1 aliphatic heterocycles. The van der Waals surface area contributed by atoms with Crippen molar-refractivity contribution in [2.45, 2.75) is 37.7 Å². The van der Waals surface area contributed by atoms with Crippen LogP contribution in [0, 0.1) is 5.92 Å². The zero-order valence-corrected chi connectivity index (χ0v) is 18.7. The highest BCUT2D eigenvalue weighted by Crippen LogP contribution is 2.50. The highest BCUT2D eigenvalue weighted by Gasteiger charge is 2.47. The third kappa shape index (κ3) is 5.01. The lowest BCUT2D eigenvalue weighted by Crippen LogP contribution is -2.51. The van der Waals surface area contributed by atoms with Gasteiger partial charge in [0, 0.05) is 42.4 Å². The summed E-state index contributed by atoms with van der Waals surface area (Å²) in [4.78, 5) is 40.4. The van der Waals surface area contributed by atoms with Crippen LogP contribution in [0.2, 0.25) is 0 Å². The van der Waals surface area contributed by atoms with E-state index in [2.05, 4.69) is 4.74 Å². The van der Waals surface area contributed by atoms with Crippen molar-refractivity contribution in [3.8, 4) is 5.75 Å². The summed E-state index contributed by atoms with van der Waals surface area (Å²) in [6.45, 7) is 0. The van der Waals surface area contributed by atoms with Crippen molar-refractivity contribution in [1.29, 1.82) is 0 Å². The summed E-state index contributed by atoms with van der Waals surface area (Å²) in [5, 5.41) is 8.87. The number of halogens is 3. The number of hydrogen-bond acceptors (Lipinski definition) is 4. The third-order valence-corrected chi connectivity index (χ3v) is 6.47. The second-order valence-corrected chi connectivity index (χ2v) is 8.53. The number of alkyl halides is 3. The first-order valence-corrected chi connectivity index (χ1v) is 11.0. The van der Waals surface area contributed by atoms with Crippen molar-refractivity contribution in [2.24, 2.45) is 5.92 Å². The molecule has 0 aromatic heterocycles. The van der Waals surface area contributed by atoms with Gasteiger partial charge in [-0.05, 0) is 48.7 Å². The molecule has 2 aromatic carbocycles. The molecular weight excluding hydrogens is 465 g/mol. The molecule has 4 rings (SSSR count). The number of carbonyl (C=O) groups is 3. The summed E-state index contributed by atoms with van der Waals surface area (Å²) in [7, 11) is 1.61. The number of fused-ring (bicyclic) bond motifs is 2. The summed E-state index contributed by atoms with van der Waals surface area (Å²) >= 11 is 0. The van der Waals surface area contributed by atoms with E-state index in [0.717, 1.165) is 42.7 Å². The lowest BCUT2D eigenvalue weighted by Gasteiger charge is -2.46. The normalized spacial score (nSPS) is 21.4. The fourth-order valence-corrected chi connectivity index (χ4v) is 5.12. The van der Waals surface area contributed by atoms with Gasteiger partial charge in [-0.3, -0.25) is 9.59 Å². The molecule has 1 heterocycles. The maximum atomic E-state index is 13.6. The largest absolute Gasteiger partial charge is 0.573 e. The molecule has 35 heavy (non-hydrogen) atoms. The topological polar surface area (TPSA) is 87.2 Å². The highest BCUT2D eigenvalue weighted by atomic mass is 19.4. The quantitative estimate of drug-likeness (QED) is 0.624. The molecule has 7 nitrogen and oxygen atoms in total. The van der Waals surface area contributed by atoms with Crippen LogP contribution >= 0.6 is 0 Å². The van der Waals surface area contributed by atoms with E-state index < -0.39 is 24.0 Å². The minimum Gasteiger partial charge on any atom is -0.478 e. The maximum Gasteiger partial charge on any atom is 0.573 e. The van der Waals surface area contributed by atoms with E-state index in [-0.39, 0.29) is 29.5 Å². The molecule has 10 heteroatoms. The Bertz CT molecular complexity index is 1160. The first-order valence-electron chi connectivity index (χ1n) is 11.0. The predicted molar refractivity (Wildman–Crippen MR) is 120 cm³/mol. The monoisotopic (exact) mass is 488 g/mol. The Hall–Kier alpha value is -3.82. The number of ether oxygens (including phenoxy) is 1. The molecule has 1 fully saturated rings. The van der Waals surface area contributed by atoms with E-state index in [1.54, 1.807) is 30.1 Å². The van der Waals surface area contributed by atoms with Crippen molar-refractivity contribution in [3.05, 3.63) is 71.8 Å². The molecule has 1 aliphatic carbocycles. The zero-order valence-electron chi connectivity index (χ0n) is 18.7. The smallest absolute Gasteiger partial charge is 0.478 e. The molecule has 0 radical (unpaired) electrons. The van der Waals surface area contributed by atoms with Crippen LogP contribution in [-0.2, 0) is 9.59 Å². The Morgan fingerprint density at radius 1 is 1.06 bits per heavy atom. The van der Waals surface area contributed by atoms with Gasteiger partial charge in [0.2, 0.25) is 5.91 Å². The van der Waals surface area contributed by atoms with Crippen molar-refractivity contribution in [3.63, 3.8) is 0 Å². The van der Waals surface area contributed by atoms with E-state index >= 15 is 0 Å². The number of anilines is 1. The Labute approximate surface area is 199 Å². The highest BCUT2D eigenvalue weighted by molar-refractivity contribution is 6.07. The predicted octanol–water partition coefficient (Wildman–Crippen LogP) is 4.55. The van der Waals surface area contributed by atoms with Gasteiger partial charge in [0.1, 0.15) is 5.75 Å². The Morgan fingerprint density at radius 2 is 1.74 bits per heavy atom. The molecule has 3 unspecified atom stereocenters. The van der Waals surface area contributed by atoms with Gasteiger partial charge in [-0.1, -0.05) is 24.6 Å². The van der Waals surface area contributed by atoms with Crippen LogP contribution in [0.1, 0.15) is 41.2 Å². The standard InChI is InChI=1S/C25H23F3N2O5/c1-29(21(31)13-14-22(32)33)23-17-5-2-3-7-19(17)30(20-8-4-6-18(20)23)24(34)15-9-11-16(12-10-15)35-25(26,27)28/h2-3,5,7,9-14,18,20,23H,4,6,8H2,1H3,(H,32,33)/b14-13+. The summed E-state index contributed by atoms with van der Waals surface area (Å²) < 4.78 is 41.4. The van der Waals surface area contributed by atoms with Crippen LogP contribution in [0.25, 0.3) is 0 Å². The van der Waals surface area contributed by atoms with E-state index in [1.807, 2.05) is 6.07 Å². The van der Waals surface area contributed by atoms with Gasteiger partial charge in [0.15, 0.2) is 0 Å². The fraction of sp³-hybridized carbons (Fsp3) is 0.320. The van der Waals surface area contributed by atoms with Crippen LogP contribution in [0.3, 0.4) is 0 Å². The Balaban J connectivity index is 1.69. The number of para-hydroxylation sites is 1. The average molecular weight is 488 g/mol. The van der Waals surface area contributed by atoms with Gasteiger partial charge in [-0.15, -0.1) is 13.2 Å². The Kier molecular flexibility index (Phi) is 6.56. The van der Waals surface area contributed by atoms with Gasteiger partial charge in [-0.2, -0.15) is 0 Å². The third-order valence-electron chi connectivity index (χ3n) is 6.47. The number of likely N-dealkylation sites (N-methyl/N-ethyl adjacent to an activating group) is 1. The summed E-state index contributed by atoms with van der Waals surface area (Å²) in [5.41, 5.74) is 1.58. The average Bonchev–Trinajstić information content (AvgIpc) is 3.28. The van der Waals surface area contributed by atoms with E-state index in [0.29, 0.717) is 12.1 Å². The molecule has 2 aliphatic rings. The molecule has 3 atom stereocenters. The van der Waals surface area contributed by atoms with Gasteiger partial charge in [0.25, 0.3) is 5.91 Å². The molecule has 2 amide bonds. The SMILES string of the molecule is CN(C(=O)/C=C/C(=O)O)C1c2ccccc2N(C(=O)c2ccc(OC(F)(F)F)cc2)C2CCCC12. The first kappa shape index (κ1) is 24.3. The van der Waals surface area contributed by atoms with E-state index in [4.69, 9.17) is 5.11 Å². The van der Waals surface area contributed by atoms with Crippen LogP contribution in [0.4, 0.5) is 18.9 Å². The number of rotatable bonds is 5. The van der Waals surface area contributed by atoms with E-state index in [1.165, 1.54) is 17.0 Å². The van der Waals surface area contributed by atoms with Crippen molar-refractivity contribution in [2.75, 3.05) is 11.9 Å². The van der Waals surface area contributed by atoms with Crippen LogP contribution in [0.5, 0.6) is 5.75 Å². The van der Waals surface area contributed by atoms with Gasteiger partial charge >= 0.3 is 12.3 Å². The molecule has 0 bridgehead atoms. The number of carboxylic acids is 1.